The first kappa shape index (κ1) is 14.3. The summed E-state index contributed by atoms with van der Waals surface area (Å²) in [6, 6.07) is 8.90. The molecule has 0 bridgehead atoms. The number of aryl methyl sites for hydroxylation is 1. The number of rotatable bonds is 4. The van der Waals surface area contributed by atoms with Crippen LogP contribution in [0.4, 0.5) is 11.5 Å². The first-order valence-electron chi connectivity index (χ1n) is 6.37. The van der Waals surface area contributed by atoms with Crippen molar-refractivity contribution in [1.29, 1.82) is 0 Å². The van der Waals surface area contributed by atoms with Gasteiger partial charge in [0.15, 0.2) is 0 Å². The lowest BCUT2D eigenvalue weighted by molar-refractivity contribution is 0.102. The van der Waals surface area contributed by atoms with Crippen molar-refractivity contribution in [3.63, 3.8) is 0 Å². The van der Waals surface area contributed by atoms with Crippen molar-refractivity contribution < 1.29 is 4.79 Å². The second-order valence-electron chi connectivity index (χ2n) is 4.38. The fourth-order valence-electron chi connectivity index (χ4n) is 1.83. The van der Waals surface area contributed by atoms with Crippen LogP contribution in [0.2, 0.25) is 5.02 Å². The van der Waals surface area contributed by atoms with Gasteiger partial charge in [0.1, 0.15) is 5.82 Å². The Morgan fingerprint density at radius 3 is 2.70 bits per heavy atom. The van der Waals surface area contributed by atoms with Crippen LogP contribution in [0.5, 0.6) is 0 Å². The minimum atomic E-state index is -0.189. The molecule has 0 aliphatic carbocycles. The first-order valence-corrected chi connectivity index (χ1v) is 6.75. The Bertz CT molecular complexity index is 611. The number of benzene rings is 1. The number of amides is 1. The number of pyridine rings is 1. The number of hydrogen-bond donors (Lipinski definition) is 2. The van der Waals surface area contributed by atoms with Crippen molar-refractivity contribution in [1.82, 2.24) is 4.98 Å². The maximum atomic E-state index is 12.1. The number of carbonyl (C=O) groups excluding carboxylic acids is 1. The van der Waals surface area contributed by atoms with Crippen molar-refractivity contribution in [2.24, 2.45) is 0 Å². The fraction of sp³-hybridized carbons (Fsp3) is 0.200. The molecule has 0 radical (unpaired) electrons. The van der Waals surface area contributed by atoms with Crippen LogP contribution in [0.25, 0.3) is 0 Å². The molecule has 1 aromatic carbocycles. The maximum absolute atomic E-state index is 12.1. The highest BCUT2D eigenvalue weighted by atomic mass is 35.5. The quantitative estimate of drug-likeness (QED) is 0.902. The van der Waals surface area contributed by atoms with E-state index in [4.69, 9.17) is 11.6 Å². The van der Waals surface area contributed by atoms with Crippen molar-refractivity contribution >= 4 is 29.0 Å². The van der Waals surface area contributed by atoms with Crippen molar-refractivity contribution in [2.75, 3.05) is 17.2 Å². The monoisotopic (exact) mass is 289 g/mol. The molecule has 0 aliphatic heterocycles. The predicted octanol–water partition coefficient (Wildman–Crippen LogP) is 3.73. The average molecular weight is 290 g/mol. The van der Waals surface area contributed by atoms with Gasteiger partial charge in [0.25, 0.3) is 5.91 Å². The summed E-state index contributed by atoms with van der Waals surface area (Å²) in [6.07, 6.45) is 1.50. The third kappa shape index (κ3) is 3.48. The molecule has 0 atom stereocenters. The van der Waals surface area contributed by atoms with Crippen molar-refractivity contribution in [2.45, 2.75) is 13.8 Å². The number of hydrogen-bond acceptors (Lipinski definition) is 3. The van der Waals surface area contributed by atoms with Gasteiger partial charge in [-0.05, 0) is 49.7 Å². The van der Waals surface area contributed by atoms with E-state index < -0.39 is 0 Å². The number of nitrogens with one attached hydrogen (secondary N) is 2. The molecule has 0 unspecified atom stereocenters. The lowest BCUT2D eigenvalue weighted by Gasteiger charge is -2.10. The Hall–Kier alpha value is -2.07. The summed E-state index contributed by atoms with van der Waals surface area (Å²) >= 11 is 5.75. The number of anilines is 2. The number of halogens is 1. The van der Waals surface area contributed by atoms with E-state index in [-0.39, 0.29) is 5.91 Å². The van der Waals surface area contributed by atoms with Crippen LogP contribution in [0.3, 0.4) is 0 Å². The minimum Gasteiger partial charge on any atom is -0.385 e. The Balaban J connectivity index is 2.13. The third-order valence-corrected chi connectivity index (χ3v) is 3.05. The van der Waals surface area contributed by atoms with E-state index in [1.807, 2.05) is 26.0 Å². The second-order valence-corrected chi connectivity index (χ2v) is 4.81. The Morgan fingerprint density at radius 1 is 1.30 bits per heavy atom. The molecule has 0 saturated carbocycles. The molecule has 1 aromatic heterocycles. The van der Waals surface area contributed by atoms with Gasteiger partial charge in [-0.1, -0.05) is 11.6 Å². The second kappa shape index (κ2) is 6.39. The van der Waals surface area contributed by atoms with Crippen LogP contribution in [0, 0.1) is 6.92 Å². The highest BCUT2D eigenvalue weighted by Gasteiger charge is 2.08. The molecule has 0 aliphatic rings. The van der Waals surface area contributed by atoms with E-state index >= 15 is 0 Å². The minimum absolute atomic E-state index is 0.189. The smallest absolute Gasteiger partial charge is 0.256 e. The number of nitrogens with zero attached hydrogens (tertiary/aromatic N) is 1. The molecular formula is C15H16ClN3O. The number of aromatic nitrogens is 1. The van der Waals surface area contributed by atoms with Crippen LogP contribution >= 0.6 is 11.6 Å². The van der Waals surface area contributed by atoms with E-state index in [9.17, 15) is 4.79 Å². The molecule has 2 N–H and O–H groups in total. The van der Waals surface area contributed by atoms with E-state index in [2.05, 4.69) is 15.6 Å². The molecule has 0 spiro atoms. The summed E-state index contributed by atoms with van der Waals surface area (Å²) in [5.41, 5.74) is 2.66. The zero-order valence-electron chi connectivity index (χ0n) is 11.4. The molecule has 4 nitrogen and oxygen atoms in total. The van der Waals surface area contributed by atoms with Gasteiger partial charge >= 0.3 is 0 Å². The molecule has 1 heterocycles. The Labute approximate surface area is 123 Å². The summed E-state index contributed by atoms with van der Waals surface area (Å²) in [5, 5.41) is 6.51. The summed E-state index contributed by atoms with van der Waals surface area (Å²) < 4.78 is 0. The molecule has 5 heteroatoms. The van der Waals surface area contributed by atoms with Gasteiger partial charge in [-0.2, -0.15) is 0 Å². The lowest BCUT2D eigenvalue weighted by atomic mass is 10.1. The van der Waals surface area contributed by atoms with Gasteiger partial charge < -0.3 is 10.6 Å². The molecular weight excluding hydrogens is 274 g/mol. The predicted molar refractivity (Wildman–Crippen MR) is 82.5 cm³/mol. The molecule has 2 rings (SSSR count). The van der Waals surface area contributed by atoms with Crippen LogP contribution in [-0.4, -0.2) is 17.4 Å². The number of carbonyl (C=O) groups is 1. The van der Waals surface area contributed by atoms with Gasteiger partial charge in [-0.25, -0.2) is 4.98 Å². The zero-order chi connectivity index (χ0) is 14.5. The Kier molecular flexibility index (Phi) is 4.58. The van der Waals surface area contributed by atoms with E-state index in [1.165, 1.54) is 6.20 Å². The van der Waals surface area contributed by atoms with Gasteiger partial charge in [0.2, 0.25) is 0 Å². The highest BCUT2D eigenvalue weighted by Crippen LogP contribution is 2.17. The van der Waals surface area contributed by atoms with Crippen LogP contribution in [-0.2, 0) is 0 Å². The lowest BCUT2D eigenvalue weighted by Crippen LogP contribution is -2.13. The van der Waals surface area contributed by atoms with Crippen molar-refractivity contribution in [3.05, 3.63) is 52.7 Å². The zero-order valence-corrected chi connectivity index (χ0v) is 12.2. The van der Waals surface area contributed by atoms with Gasteiger partial charge in [0.05, 0.1) is 5.02 Å². The van der Waals surface area contributed by atoms with Crippen LogP contribution < -0.4 is 10.6 Å². The van der Waals surface area contributed by atoms with Gasteiger partial charge in [-0.15, -0.1) is 0 Å². The van der Waals surface area contributed by atoms with Crippen LogP contribution in [0.15, 0.2) is 36.5 Å². The van der Waals surface area contributed by atoms with Gasteiger partial charge in [0, 0.05) is 24.0 Å². The SMILES string of the molecule is CCNc1ccc(C(=O)Nc2ccc(Cl)cn2)cc1C. The Morgan fingerprint density at radius 2 is 2.10 bits per heavy atom. The van der Waals surface area contributed by atoms with Gasteiger partial charge in [-0.3, -0.25) is 4.79 Å². The summed E-state index contributed by atoms with van der Waals surface area (Å²) in [4.78, 5) is 16.2. The molecule has 2 aromatic rings. The average Bonchev–Trinajstić information content (AvgIpc) is 2.44. The van der Waals surface area contributed by atoms with E-state index in [0.717, 1.165) is 17.8 Å². The van der Waals surface area contributed by atoms with E-state index in [0.29, 0.717) is 16.4 Å². The normalized spacial score (nSPS) is 10.2. The summed E-state index contributed by atoms with van der Waals surface area (Å²) in [6.45, 7) is 4.85. The maximum Gasteiger partial charge on any atom is 0.256 e. The topological polar surface area (TPSA) is 54.0 Å². The molecule has 0 saturated heterocycles. The third-order valence-electron chi connectivity index (χ3n) is 2.82. The van der Waals surface area contributed by atoms with Crippen LogP contribution in [0.1, 0.15) is 22.8 Å². The summed E-state index contributed by atoms with van der Waals surface area (Å²) in [5.74, 6) is 0.291. The molecule has 0 fully saturated rings. The van der Waals surface area contributed by atoms with Crippen molar-refractivity contribution in [3.8, 4) is 0 Å². The highest BCUT2D eigenvalue weighted by molar-refractivity contribution is 6.30. The largest absolute Gasteiger partial charge is 0.385 e. The standard InChI is InChI=1S/C15H16ClN3O/c1-3-17-13-6-4-11(8-10(13)2)15(20)19-14-7-5-12(16)9-18-14/h4-9,17H,3H2,1-2H3,(H,18,19,20). The first-order chi connectivity index (χ1) is 9.60. The molecule has 1 amide bonds. The fourth-order valence-corrected chi connectivity index (χ4v) is 1.94. The summed E-state index contributed by atoms with van der Waals surface area (Å²) in [7, 11) is 0. The molecule has 20 heavy (non-hydrogen) atoms. The van der Waals surface area contributed by atoms with E-state index in [1.54, 1.807) is 18.2 Å². The molecule has 104 valence electrons.